The molecule has 2 N–H and O–H groups in total. The highest BCUT2D eigenvalue weighted by Gasteiger charge is 2.41. The van der Waals surface area contributed by atoms with Gasteiger partial charge in [-0.05, 0) is 44.2 Å². The zero-order valence-electron chi connectivity index (χ0n) is 20.9. The Morgan fingerprint density at radius 1 is 1.00 bits per heavy atom. The molecule has 4 heterocycles. The molecule has 0 radical (unpaired) electrons. The van der Waals surface area contributed by atoms with E-state index in [0.29, 0.717) is 11.0 Å². The molecule has 0 saturated carbocycles. The molecule has 2 aliphatic heterocycles. The van der Waals surface area contributed by atoms with Gasteiger partial charge in [0.2, 0.25) is 5.95 Å². The van der Waals surface area contributed by atoms with Gasteiger partial charge in [-0.3, -0.25) is 9.69 Å². The average molecular weight is 603 g/mol. The Balaban J connectivity index is 0.000000333. The number of carbonyl (C=O) groups is 3. The Labute approximate surface area is 227 Å². The molecule has 2 saturated heterocycles. The predicted molar refractivity (Wildman–Crippen MR) is 126 cm³/mol. The van der Waals surface area contributed by atoms with Gasteiger partial charge in [0.15, 0.2) is 0 Å². The lowest BCUT2D eigenvalue weighted by atomic mass is 9.77. The van der Waals surface area contributed by atoms with Crippen molar-refractivity contribution in [1.29, 1.82) is 0 Å². The van der Waals surface area contributed by atoms with E-state index >= 15 is 0 Å². The Bertz CT molecular complexity index is 1160. The van der Waals surface area contributed by atoms with E-state index in [2.05, 4.69) is 20.2 Å². The van der Waals surface area contributed by atoms with Gasteiger partial charge in [-0.15, -0.1) is 11.3 Å². The number of piperidine rings is 1. The molecule has 0 aliphatic carbocycles. The lowest BCUT2D eigenvalue weighted by molar-refractivity contribution is -0.193. The van der Waals surface area contributed by atoms with Crippen molar-refractivity contribution in [2.45, 2.75) is 45.1 Å². The molecular weight excluding hydrogens is 577 g/mol. The molecule has 9 nitrogen and oxygen atoms in total. The van der Waals surface area contributed by atoms with Crippen LogP contribution in [0.25, 0.3) is 0 Å². The van der Waals surface area contributed by atoms with E-state index < -0.39 is 30.2 Å². The topological polar surface area (TPSA) is 124 Å². The third kappa shape index (κ3) is 10.0. The Morgan fingerprint density at radius 2 is 1.52 bits per heavy atom. The number of likely N-dealkylation sites (tertiary alicyclic amines) is 2. The molecular formula is C23H25F7N4O5S. The molecule has 1 spiro atoms. The summed E-state index contributed by atoms with van der Waals surface area (Å²) in [5, 5.41) is 17.5. The van der Waals surface area contributed by atoms with Crippen molar-refractivity contribution in [3.8, 4) is 0 Å². The van der Waals surface area contributed by atoms with Crippen molar-refractivity contribution in [3.63, 3.8) is 0 Å². The number of hydrogen-bond donors (Lipinski definition) is 2. The summed E-state index contributed by atoms with van der Waals surface area (Å²) in [5.41, 5.74) is 1.86. The van der Waals surface area contributed by atoms with Gasteiger partial charge in [-0.1, -0.05) is 0 Å². The number of nitrogens with zero attached hydrogens (tertiary/aromatic N) is 4. The molecule has 0 bridgehead atoms. The number of aryl methyl sites for hydroxylation is 1. The fourth-order valence-corrected chi connectivity index (χ4v) is 4.79. The first-order chi connectivity index (χ1) is 18.4. The van der Waals surface area contributed by atoms with Gasteiger partial charge in [0.1, 0.15) is 0 Å². The highest BCUT2D eigenvalue weighted by Crippen LogP contribution is 2.41. The molecule has 2 aliphatic rings. The van der Waals surface area contributed by atoms with Gasteiger partial charge < -0.3 is 15.1 Å². The fourth-order valence-electron chi connectivity index (χ4n) is 4.18. The lowest BCUT2D eigenvalue weighted by Gasteiger charge is -2.39. The van der Waals surface area contributed by atoms with Crippen LogP contribution in [0.5, 0.6) is 0 Å². The van der Waals surface area contributed by atoms with Crippen molar-refractivity contribution in [3.05, 3.63) is 45.9 Å². The number of pyridine rings is 1. The first-order valence-electron chi connectivity index (χ1n) is 11.6. The quantitative estimate of drug-likeness (QED) is 0.392. The summed E-state index contributed by atoms with van der Waals surface area (Å²) in [7, 11) is 0. The monoisotopic (exact) mass is 602 g/mol. The van der Waals surface area contributed by atoms with Crippen molar-refractivity contribution >= 4 is 29.2 Å². The Hall–Kier alpha value is -3.34. The average Bonchev–Trinajstić information content (AvgIpc) is 3.44. The summed E-state index contributed by atoms with van der Waals surface area (Å²) < 4.78 is 76.7. The van der Waals surface area contributed by atoms with Gasteiger partial charge in [-0.25, -0.2) is 19.6 Å². The fraction of sp³-hybridized carbons (Fsp3) is 0.522. The smallest absolute Gasteiger partial charge is 0.475 e. The normalized spacial score (nSPS) is 16.9. The molecule has 4 rings (SSSR count). The van der Waals surface area contributed by atoms with Gasteiger partial charge in [0, 0.05) is 49.4 Å². The van der Waals surface area contributed by atoms with Crippen LogP contribution in [0.3, 0.4) is 0 Å². The van der Waals surface area contributed by atoms with Crippen LogP contribution in [-0.4, -0.2) is 86.4 Å². The van der Waals surface area contributed by atoms with Gasteiger partial charge >= 0.3 is 24.3 Å². The molecule has 0 aromatic carbocycles. The van der Waals surface area contributed by atoms with Crippen LogP contribution in [0.15, 0.2) is 23.7 Å². The van der Waals surface area contributed by atoms with Gasteiger partial charge in [0.25, 0.3) is 5.91 Å². The number of carboxylic acid groups (broad SMARTS) is 2. The number of carbonyl (C=O) groups excluding carboxylic acids is 1. The SMILES string of the molecule is Cc1nc(CN2CCC3(CCN(C(=O)c4ccnc(F)c4)CC3)C2)cs1.O=C(O)C(F)(F)F.O=C(O)C(F)(F)F. The second-order valence-corrected chi connectivity index (χ2v) is 10.1. The minimum Gasteiger partial charge on any atom is -0.475 e. The van der Waals surface area contributed by atoms with E-state index in [-0.39, 0.29) is 5.91 Å². The molecule has 2 aromatic rings. The summed E-state index contributed by atoms with van der Waals surface area (Å²) in [4.78, 5) is 42.8. The number of aliphatic carboxylic acids is 2. The first-order valence-corrected chi connectivity index (χ1v) is 12.4. The maximum atomic E-state index is 13.3. The van der Waals surface area contributed by atoms with Crippen LogP contribution in [0.2, 0.25) is 0 Å². The molecule has 0 atom stereocenters. The molecule has 2 fully saturated rings. The summed E-state index contributed by atoms with van der Waals surface area (Å²) in [6.07, 6.45) is -5.61. The van der Waals surface area contributed by atoms with E-state index in [1.165, 1.54) is 18.7 Å². The van der Waals surface area contributed by atoms with Crippen molar-refractivity contribution < 1.29 is 55.3 Å². The number of aromatic nitrogens is 2. The Morgan fingerprint density at radius 3 is 1.98 bits per heavy atom. The molecule has 2 aromatic heterocycles. The van der Waals surface area contributed by atoms with Gasteiger partial charge in [-0.2, -0.15) is 30.7 Å². The second-order valence-electron chi connectivity index (χ2n) is 9.08. The number of amides is 1. The highest BCUT2D eigenvalue weighted by atomic mass is 32.1. The number of hydrogen-bond acceptors (Lipinski definition) is 7. The van der Waals surface area contributed by atoms with Crippen LogP contribution in [0, 0.1) is 18.3 Å². The number of thiazole rings is 1. The molecule has 0 unspecified atom stereocenters. The minimum atomic E-state index is -5.08. The van der Waals surface area contributed by atoms with Crippen LogP contribution in [-0.2, 0) is 16.1 Å². The molecule has 17 heteroatoms. The number of carboxylic acids is 2. The summed E-state index contributed by atoms with van der Waals surface area (Å²) in [6.45, 7) is 6.63. The van der Waals surface area contributed by atoms with E-state index in [1.54, 1.807) is 17.4 Å². The van der Waals surface area contributed by atoms with E-state index in [1.807, 2.05) is 11.8 Å². The minimum absolute atomic E-state index is 0.0889. The number of alkyl halides is 6. The van der Waals surface area contributed by atoms with E-state index in [4.69, 9.17) is 19.8 Å². The highest BCUT2D eigenvalue weighted by molar-refractivity contribution is 7.09. The van der Waals surface area contributed by atoms with Crippen LogP contribution in [0.4, 0.5) is 30.7 Å². The van der Waals surface area contributed by atoms with Crippen molar-refractivity contribution in [1.82, 2.24) is 19.8 Å². The molecule has 222 valence electrons. The largest absolute Gasteiger partial charge is 0.490 e. The van der Waals surface area contributed by atoms with Gasteiger partial charge in [0.05, 0.1) is 10.7 Å². The maximum absolute atomic E-state index is 13.3. The predicted octanol–water partition coefficient (Wildman–Crippen LogP) is 4.38. The second kappa shape index (κ2) is 13.3. The van der Waals surface area contributed by atoms with Crippen LogP contribution >= 0.6 is 11.3 Å². The third-order valence-corrected chi connectivity index (χ3v) is 6.96. The lowest BCUT2D eigenvalue weighted by Crippen LogP contribution is -2.44. The molecule has 40 heavy (non-hydrogen) atoms. The third-order valence-electron chi connectivity index (χ3n) is 6.14. The summed E-state index contributed by atoms with van der Waals surface area (Å²) in [5.74, 6) is -6.21. The first kappa shape index (κ1) is 32.9. The number of halogens is 7. The zero-order valence-corrected chi connectivity index (χ0v) is 21.7. The van der Waals surface area contributed by atoms with E-state index in [9.17, 15) is 35.5 Å². The van der Waals surface area contributed by atoms with Crippen molar-refractivity contribution in [2.24, 2.45) is 5.41 Å². The maximum Gasteiger partial charge on any atom is 0.490 e. The Kier molecular flexibility index (Phi) is 11.0. The summed E-state index contributed by atoms with van der Waals surface area (Å²) in [6, 6.07) is 2.81. The molecule has 1 amide bonds. The van der Waals surface area contributed by atoms with Crippen LogP contribution < -0.4 is 0 Å². The van der Waals surface area contributed by atoms with Crippen LogP contribution in [0.1, 0.15) is 40.3 Å². The zero-order chi connectivity index (χ0) is 30.3. The standard InChI is InChI=1S/C19H23FN4OS.2C2HF3O2/c1-14-22-16(12-26-14)11-23-7-3-19(13-23)4-8-24(9-5-19)18(25)15-2-6-21-17(20)10-15;2*3-2(4,5)1(6)7/h2,6,10,12H,3-5,7-9,11,13H2,1H3;2*(H,6,7). The summed E-state index contributed by atoms with van der Waals surface area (Å²) >= 11 is 1.70. The number of rotatable bonds is 3. The van der Waals surface area contributed by atoms with Crippen molar-refractivity contribution in [2.75, 3.05) is 26.2 Å². The van der Waals surface area contributed by atoms with E-state index in [0.717, 1.165) is 56.3 Å².